The molecule has 1 saturated heterocycles. The van der Waals surface area contributed by atoms with E-state index in [4.69, 9.17) is 4.74 Å². The van der Waals surface area contributed by atoms with Gasteiger partial charge in [0, 0.05) is 6.04 Å². The summed E-state index contributed by atoms with van der Waals surface area (Å²) < 4.78 is 5.12. The van der Waals surface area contributed by atoms with Gasteiger partial charge in [0.25, 0.3) is 5.91 Å². The minimum Gasteiger partial charge on any atom is -0.497 e. The number of methoxy groups -OCH3 is 1. The normalized spacial score (nSPS) is 24.5. The van der Waals surface area contributed by atoms with Gasteiger partial charge in [-0.3, -0.25) is 15.1 Å². The maximum absolute atomic E-state index is 12.2. The van der Waals surface area contributed by atoms with Crippen LogP contribution in [0.1, 0.15) is 26.3 Å². The summed E-state index contributed by atoms with van der Waals surface area (Å²) in [4.78, 5) is 16.5. The van der Waals surface area contributed by atoms with E-state index in [1.54, 1.807) is 7.11 Å². The lowest BCUT2D eigenvalue weighted by Gasteiger charge is -2.21. The van der Waals surface area contributed by atoms with E-state index in [1.807, 2.05) is 45.0 Å². The van der Waals surface area contributed by atoms with Gasteiger partial charge in [-0.25, -0.2) is 0 Å². The van der Waals surface area contributed by atoms with Gasteiger partial charge in [0.15, 0.2) is 5.96 Å². The Morgan fingerprint density at radius 3 is 2.42 bits per heavy atom. The molecule has 102 valence electrons. The highest BCUT2D eigenvalue weighted by atomic mass is 16.5. The number of carbonyl (C=O) groups is 1. The first kappa shape index (κ1) is 13.4. The molecule has 1 atom stereocenters. The summed E-state index contributed by atoms with van der Waals surface area (Å²) in [7, 11) is 1.62. The number of guanidine groups is 1. The number of nitrogens with zero attached hydrogens (tertiary/aromatic N) is 1. The second-order valence-electron chi connectivity index (χ2n) is 5.00. The number of rotatable bonds is 3. The third-order valence-corrected chi connectivity index (χ3v) is 3.11. The molecular formula is C14H19N3O2. The van der Waals surface area contributed by atoms with Crippen molar-refractivity contribution in [2.45, 2.75) is 32.4 Å². The lowest BCUT2D eigenvalue weighted by Crippen LogP contribution is -2.40. The minimum absolute atomic E-state index is 0.0999. The molecule has 19 heavy (non-hydrogen) atoms. The molecule has 1 aliphatic heterocycles. The van der Waals surface area contributed by atoms with Crippen LogP contribution in [0.2, 0.25) is 0 Å². The van der Waals surface area contributed by atoms with E-state index in [-0.39, 0.29) is 11.9 Å². The smallest absolute Gasteiger partial charge is 0.256 e. The Hall–Kier alpha value is -2.04. The zero-order valence-electron chi connectivity index (χ0n) is 11.7. The summed E-state index contributed by atoms with van der Waals surface area (Å²) in [5.74, 6) is 1.19. The first-order valence-corrected chi connectivity index (χ1v) is 6.27. The fraction of sp³-hybridized carbons (Fsp3) is 0.429. The molecule has 0 radical (unpaired) electrons. The molecule has 1 amide bonds. The van der Waals surface area contributed by atoms with Crippen molar-refractivity contribution in [3.63, 3.8) is 0 Å². The Bertz CT molecular complexity index is 508. The molecule has 1 aromatic rings. The van der Waals surface area contributed by atoms with E-state index < -0.39 is 5.54 Å². The van der Waals surface area contributed by atoms with Crippen LogP contribution < -0.4 is 15.4 Å². The van der Waals surface area contributed by atoms with Crippen LogP contribution >= 0.6 is 0 Å². The van der Waals surface area contributed by atoms with Crippen LogP contribution in [-0.2, 0) is 10.3 Å². The van der Waals surface area contributed by atoms with Crippen LogP contribution in [0.3, 0.4) is 0 Å². The van der Waals surface area contributed by atoms with E-state index in [9.17, 15) is 4.79 Å². The maximum atomic E-state index is 12.2. The first-order chi connectivity index (χ1) is 8.95. The minimum atomic E-state index is -0.792. The highest BCUT2D eigenvalue weighted by Gasteiger charge is 2.42. The number of benzene rings is 1. The summed E-state index contributed by atoms with van der Waals surface area (Å²) >= 11 is 0. The zero-order valence-corrected chi connectivity index (χ0v) is 11.7. The molecule has 5 heteroatoms. The van der Waals surface area contributed by atoms with Gasteiger partial charge in [-0.05, 0) is 38.5 Å². The second kappa shape index (κ2) is 4.91. The Morgan fingerprint density at radius 1 is 1.26 bits per heavy atom. The second-order valence-corrected chi connectivity index (χ2v) is 5.00. The molecule has 0 aliphatic carbocycles. The Morgan fingerprint density at radius 2 is 1.89 bits per heavy atom. The van der Waals surface area contributed by atoms with Gasteiger partial charge in [0.05, 0.1) is 7.11 Å². The largest absolute Gasteiger partial charge is 0.497 e. The fourth-order valence-electron chi connectivity index (χ4n) is 2.01. The molecule has 2 N–H and O–H groups in total. The quantitative estimate of drug-likeness (QED) is 0.864. The number of hydrogen-bond acceptors (Lipinski definition) is 3. The molecule has 0 aromatic heterocycles. The lowest BCUT2D eigenvalue weighted by atomic mass is 9.92. The SMILES string of the molecule is COc1ccc(C2(C)NC(=NC(C)C)NC2=O)cc1. The average Bonchev–Trinajstić information content (AvgIpc) is 2.65. The van der Waals surface area contributed by atoms with Crippen molar-refractivity contribution < 1.29 is 9.53 Å². The van der Waals surface area contributed by atoms with Crippen molar-refractivity contribution in [3.05, 3.63) is 29.8 Å². The lowest BCUT2D eigenvalue weighted by molar-refractivity contribution is -0.123. The monoisotopic (exact) mass is 261 g/mol. The molecule has 1 heterocycles. The standard InChI is InChI=1S/C14H19N3O2/c1-9(2)15-13-16-12(18)14(3,17-13)10-5-7-11(19-4)8-6-10/h5-9H,1-4H3,(H2,15,16,17,18). The predicted octanol–water partition coefficient (Wildman–Crippen LogP) is 1.39. The summed E-state index contributed by atoms with van der Waals surface area (Å²) in [5, 5.41) is 5.92. The molecular weight excluding hydrogens is 242 g/mol. The third-order valence-electron chi connectivity index (χ3n) is 3.11. The number of amides is 1. The summed E-state index contributed by atoms with van der Waals surface area (Å²) in [6, 6.07) is 7.56. The van der Waals surface area contributed by atoms with Gasteiger partial charge in [0.1, 0.15) is 11.3 Å². The highest BCUT2D eigenvalue weighted by Crippen LogP contribution is 2.26. The average molecular weight is 261 g/mol. The molecule has 0 spiro atoms. The van der Waals surface area contributed by atoms with Crippen LogP contribution in [0.25, 0.3) is 0 Å². The van der Waals surface area contributed by atoms with Crippen LogP contribution in [0.5, 0.6) is 5.75 Å². The molecule has 1 aromatic carbocycles. The number of nitrogens with one attached hydrogen (secondary N) is 2. The van der Waals surface area contributed by atoms with Crippen molar-refractivity contribution in [3.8, 4) is 5.75 Å². The predicted molar refractivity (Wildman–Crippen MR) is 74.2 cm³/mol. The van der Waals surface area contributed by atoms with E-state index in [0.717, 1.165) is 11.3 Å². The van der Waals surface area contributed by atoms with Crippen molar-refractivity contribution in [1.29, 1.82) is 0 Å². The zero-order chi connectivity index (χ0) is 14.0. The molecule has 1 fully saturated rings. The molecule has 0 saturated carbocycles. The van der Waals surface area contributed by atoms with Crippen LogP contribution in [0, 0.1) is 0 Å². The molecule has 5 nitrogen and oxygen atoms in total. The van der Waals surface area contributed by atoms with Crippen LogP contribution in [0.15, 0.2) is 29.3 Å². The van der Waals surface area contributed by atoms with E-state index in [0.29, 0.717) is 5.96 Å². The van der Waals surface area contributed by atoms with Crippen LogP contribution in [-0.4, -0.2) is 25.0 Å². The summed E-state index contributed by atoms with van der Waals surface area (Å²) in [6.07, 6.45) is 0. The Balaban J connectivity index is 2.29. The van der Waals surface area contributed by atoms with Crippen LogP contribution in [0.4, 0.5) is 0 Å². The molecule has 1 aliphatic rings. The Kier molecular flexibility index (Phi) is 3.46. The van der Waals surface area contributed by atoms with Gasteiger partial charge >= 0.3 is 0 Å². The van der Waals surface area contributed by atoms with Gasteiger partial charge in [-0.2, -0.15) is 0 Å². The van der Waals surface area contributed by atoms with Crippen molar-refractivity contribution in [2.24, 2.45) is 4.99 Å². The van der Waals surface area contributed by atoms with Gasteiger partial charge < -0.3 is 10.1 Å². The number of carbonyl (C=O) groups excluding carboxylic acids is 1. The number of hydrogen-bond donors (Lipinski definition) is 2. The van der Waals surface area contributed by atoms with Gasteiger partial charge in [0.2, 0.25) is 0 Å². The van der Waals surface area contributed by atoms with Gasteiger partial charge in [-0.1, -0.05) is 12.1 Å². The summed E-state index contributed by atoms with van der Waals surface area (Å²) in [6.45, 7) is 5.76. The highest BCUT2D eigenvalue weighted by molar-refractivity contribution is 6.09. The molecule has 1 unspecified atom stereocenters. The fourth-order valence-corrected chi connectivity index (χ4v) is 2.01. The van der Waals surface area contributed by atoms with E-state index in [1.165, 1.54) is 0 Å². The maximum Gasteiger partial charge on any atom is 0.256 e. The third kappa shape index (κ3) is 2.54. The topological polar surface area (TPSA) is 62.7 Å². The van der Waals surface area contributed by atoms with E-state index >= 15 is 0 Å². The Labute approximate surface area is 113 Å². The number of ether oxygens (including phenoxy) is 1. The number of aliphatic imine (C=N–C) groups is 1. The first-order valence-electron chi connectivity index (χ1n) is 6.27. The summed E-state index contributed by atoms with van der Waals surface area (Å²) in [5.41, 5.74) is 0.0831. The van der Waals surface area contributed by atoms with E-state index in [2.05, 4.69) is 15.6 Å². The van der Waals surface area contributed by atoms with Crippen molar-refractivity contribution >= 4 is 11.9 Å². The van der Waals surface area contributed by atoms with Crippen molar-refractivity contribution in [1.82, 2.24) is 10.6 Å². The van der Waals surface area contributed by atoms with Gasteiger partial charge in [-0.15, -0.1) is 0 Å². The molecule has 2 rings (SSSR count). The van der Waals surface area contributed by atoms with Crippen molar-refractivity contribution in [2.75, 3.05) is 7.11 Å². The molecule has 0 bridgehead atoms.